The Morgan fingerprint density at radius 2 is 2.09 bits per heavy atom. The molecule has 3 rings (SSSR count). The van der Waals surface area contributed by atoms with Crippen LogP contribution in [-0.4, -0.2) is 45.4 Å². The minimum absolute atomic E-state index is 0.00314. The van der Waals surface area contributed by atoms with E-state index in [1.165, 1.54) is 0 Å². The third-order valence-corrected chi connectivity index (χ3v) is 4.59. The molecule has 1 N–H and O–H groups in total. The topological polar surface area (TPSA) is 58.4 Å². The third kappa shape index (κ3) is 3.35. The van der Waals surface area contributed by atoms with Crippen molar-refractivity contribution in [1.82, 2.24) is 14.7 Å². The molecule has 0 radical (unpaired) electrons. The molecule has 2 aliphatic carbocycles. The highest BCUT2D eigenvalue weighted by molar-refractivity contribution is 5.95. The minimum atomic E-state index is -0.385. The van der Waals surface area contributed by atoms with Crippen LogP contribution < -0.4 is 0 Å². The molecule has 5 nitrogen and oxygen atoms in total. The highest BCUT2D eigenvalue weighted by Crippen LogP contribution is 2.42. The molecule has 2 fully saturated rings. The predicted octanol–water partition coefficient (Wildman–Crippen LogP) is 2.26. The van der Waals surface area contributed by atoms with Gasteiger partial charge >= 0.3 is 0 Å². The summed E-state index contributed by atoms with van der Waals surface area (Å²) in [6.07, 6.45) is 5.81. The van der Waals surface area contributed by atoms with Gasteiger partial charge in [0, 0.05) is 26.1 Å². The van der Waals surface area contributed by atoms with Crippen molar-refractivity contribution >= 4 is 5.91 Å². The lowest BCUT2D eigenvalue weighted by Gasteiger charge is -2.21. The second-order valence-corrected chi connectivity index (χ2v) is 7.38. The molecule has 0 bridgehead atoms. The quantitative estimate of drug-likeness (QED) is 0.840. The highest BCUT2D eigenvalue weighted by atomic mass is 16.3. The van der Waals surface area contributed by atoms with Crippen LogP contribution in [0.5, 0.6) is 0 Å². The molecule has 5 heteroatoms. The van der Waals surface area contributed by atoms with Crippen LogP contribution in [0.2, 0.25) is 0 Å². The number of aliphatic hydroxyl groups is 1. The number of nitrogens with zero attached hydrogens (tertiary/aromatic N) is 3. The number of hydrogen-bond acceptors (Lipinski definition) is 3. The number of aromatic nitrogens is 2. The minimum Gasteiger partial charge on any atom is -0.391 e. The molecule has 22 heavy (non-hydrogen) atoms. The van der Waals surface area contributed by atoms with E-state index in [0.29, 0.717) is 24.3 Å². The maximum Gasteiger partial charge on any atom is 0.257 e. The lowest BCUT2D eigenvalue weighted by molar-refractivity contribution is 0.0644. The standard InChI is InChI=1S/C17H27N3O2/c1-11(2)9-20-16(13-6-7-13)14(8-18-20)17(22)19(3)10-15(21)12-4-5-12/h8,11-13,15,21H,4-7,9-10H2,1-3H3. The van der Waals surface area contributed by atoms with Crippen LogP contribution in [0.3, 0.4) is 0 Å². The molecule has 122 valence electrons. The molecule has 0 aliphatic heterocycles. The average Bonchev–Trinajstić information content (AvgIpc) is 3.34. The summed E-state index contributed by atoms with van der Waals surface area (Å²) in [6, 6.07) is 0. The van der Waals surface area contributed by atoms with E-state index < -0.39 is 0 Å². The maximum atomic E-state index is 12.7. The van der Waals surface area contributed by atoms with Gasteiger partial charge in [0.15, 0.2) is 0 Å². The summed E-state index contributed by atoms with van der Waals surface area (Å²) in [7, 11) is 1.78. The molecule has 0 spiro atoms. The Bertz CT molecular complexity index is 544. The molecule has 2 aliphatic rings. The first-order valence-corrected chi connectivity index (χ1v) is 8.46. The number of carbonyl (C=O) groups is 1. The van der Waals surface area contributed by atoms with E-state index in [9.17, 15) is 9.90 Å². The van der Waals surface area contributed by atoms with Gasteiger partial charge in [-0.05, 0) is 37.5 Å². The van der Waals surface area contributed by atoms with Gasteiger partial charge in [0.25, 0.3) is 5.91 Å². The molecule has 1 heterocycles. The van der Waals surface area contributed by atoms with Gasteiger partial charge in [-0.15, -0.1) is 0 Å². The monoisotopic (exact) mass is 305 g/mol. The second kappa shape index (κ2) is 6.03. The summed E-state index contributed by atoms with van der Waals surface area (Å²) in [6.45, 7) is 5.60. The number of rotatable bonds is 7. The maximum absolute atomic E-state index is 12.7. The van der Waals surface area contributed by atoms with Crippen LogP contribution in [0.4, 0.5) is 0 Å². The summed E-state index contributed by atoms with van der Waals surface area (Å²) in [5, 5.41) is 14.5. The van der Waals surface area contributed by atoms with Crippen LogP contribution in [-0.2, 0) is 6.54 Å². The van der Waals surface area contributed by atoms with Gasteiger partial charge in [0.2, 0.25) is 0 Å². The summed E-state index contributed by atoms with van der Waals surface area (Å²) >= 11 is 0. The van der Waals surface area contributed by atoms with Crippen molar-refractivity contribution in [3.63, 3.8) is 0 Å². The number of amides is 1. The van der Waals surface area contributed by atoms with E-state index in [0.717, 1.165) is 43.5 Å². The average molecular weight is 305 g/mol. The van der Waals surface area contributed by atoms with Crippen molar-refractivity contribution in [3.05, 3.63) is 17.5 Å². The van der Waals surface area contributed by atoms with Crippen molar-refractivity contribution in [1.29, 1.82) is 0 Å². The SMILES string of the molecule is CC(C)Cn1ncc(C(=O)N(C)CC(O)C2CC2)c1C1CC1. The fraction of sp³-hybridized carbons (Fsp3) is 0.765. The van der Waals surface area contributed by atoms with E-state index in [2.05, 4.69) is 18.9 Å². The van der Waals surface area contributed by atoms with Gasteiger partial charge < -0.3 is 10.0 Å². The van der Waals surface area contributed by atoms with Gasteiger partial charge in [0.05, 0.1) is 23.6 Å². The summed E-state index contributed by atoms with van der Waals surface area (Å²) in [4.78, 5) is 14.4. The Kier molecular flexibility index (Phi) is 4.26. The molecule has 0 aromatic carbocycles. The number of aliphatic hydroxyl groups excluding tert-OH is 1. The summed E-state index contributed by atoms with van der Waals surface area (Å²) in [5.41, 5.74) is 1.83. The highest BCUT2D eigenvalue weighted by Gasteiger charge is 2.35. The van der Waals surface area contributed by atoms with Crippen molar-refractivity contribution < 1.29 is 9.90 Å². The predicted molar refractivity (Wildman–Crippen MR) is 84.7 cm³/mol. The Balaban J connectivity index is 1.74. The lowest BCUT2D eigenvalue weighted by Crippen LogP contribution is -2.35. The summed E-state index contributed by atoms with van der Waals surface area (Å²) < 4.78 is 2.01. The van der Waals surface area contributed by atoms with Gasteiger partial charge in [-0.2, -0.15) is 5.10 Å². The molecule has 1 amide bonds. The van der Waals surface area contributed by atoms with E-state index in [1.54, 1.807) is 18.1 Å². The van der Waals surface area contributed by atoms with Crippen molar-refractivity contribution in [2.45, 2.75) is 58.1 Å². The van der Waals surface area contributed by atoms with Gasteiger partial charge in [-0.25, -0.2) is 0 Å². The van der Waals surface area contributed by atoms with Crippen molar-refractivity contribution in [2.75, 3.05) is 13.6 Å². The molecule has 0 saturated heterocycles. The largest absolute Gasteiger partial charge is 0.391 e. The Morgan fingerprint density at radius 1 is 1.41 bits per heavy atom. The molecule has 1 unspecified atom stereocenters. The first-order chi connectivity index (χ1) is 10.5. The molecule has 1 aromatic heterocycles. The zero-order valence-electron chi connectivity index (χ0n) is 13.8. The zero-order valence-corrected chi connectivity index (χ0v) is 13.8. The van der Waals surface area contributed by atoms with Gasteiger partial charge in [0.1, 0.15) is 0 Å². The van der Waals surface area contributed by atoms with E-state index in [1.807, 2.05) is 4.68 Å². The Labute approximate surface area is 132 Å². The van der Waals surface area contributed by atoms with Crippen molar-refractivity contribution in [2.24, 2.45) is 11.8 Å². The molecular weight excluding hydrogens is 278 g/mol. The molecule has 1 aromatic rings. The van der Waals surface area contributed by atoms with Crippen LogP contribution >= 0.6 is 0 Å². The van der Waals surface area contributed by atoms with E-state index in [-0.39, 0.29) is 12.0 Å². The normalized spacial score (nSPS) is 19.5. The van der Waals surface area contributed by atoms with Gasteiger partial charge in [-0.1, -0.05) is 13.8 Å². The number of likely N-dealkylation sites (N-methyl/N-ethyl adjacent to an activating group) is 1. The Hall–Kier alpha value is -1.36. The smallest absolute Gasteiger partial charge is 0.257 e. The van der Waals surface area contributed by atoms with Crippen LogP contribution in [0.25, 0.3) is 0 Å². The molecule has 2 saturated carbocycles. The third-order valence-electron chi connectivity index (χ3n) is 4.59. The first-order valence-electron chi connectivity index (χ1n) is 8.46. The van der Waals surface area contributed by atoms with Crippen molar-refractivity contribution in [3.8, 4) is 0 Å². The second-order valence-electron chi connectivity index (χ2n) is 7.38. The zero-order chi connectivity index (χ0) is 15.9. The van der Waals surface area contributed by atoms with Gasteiger partial charge in [-0.3, -0.25) is 9.48 Å². The fourth-order valence-corrected chi connectivity index (χ4v) is 3.04. The Morgan fingerprint density at radius 3 is 2.64 bits per heavy atom. The van der Waals surface area contributed by atoms with Crippen LogP contribution in [0.1, 0.15) is 61.5 Å². The molecule has 1 atom stereocenters. The summed E-state index contributed by atoms with van der Waals surface area (Å²) in [5.74, 6) is 1.38. The first kappa shape index (κ1) is 15.5. The number of hydrogen-bond donors (Lipinski definition) is 1. The molecular formula is C17H27N3O2. The lowest BCUT2D eigenvalue weighted by atomic mass is 10.1. The van der Waals surface area contributed by atoms with E-state index >= 15 is 0 Å². The van der Waals surface area contributed by atoms with E-state index in [4.69, 9.17) is 0 Å². The van der Waals surface area contributed by atoms with Crippen LogP contribution in [0.15, 0.2) is 6.20 Å². The van der Waals surface area contributed by atoms with Crippen LogP contribution in [0, 0.1) is 11.8 Å². The number of carbonyl (C=O) groups excluding carboxylic acids is 1. The fourth-order valence-electron chi connectivity index (χ4n) is 3.04.